The number of nitrogens with zero attached hydrogens (tertiary/aromatic N) is 1. The molecule has 0 aromatic rings. The van der Waals surface area contributed by atoms with Crippen molar-refractivity contribution in [2.24, 2.45) is 0 Å². The smallest absolute Gasteiger partial charge is 0.303 e. The van der Waals surface area contributed by atoms with Crippen LogP contribution in [-0.2, 0) is 9.59 Å². The van der Waals surface area contributed by atoms with E-state index in [1.807, 2.05) is 0 Å². The van der Waals surface area contributed by atoms with Gasteiger partial charge in [-0.1, -0.05) is 13.8 Å². The van der Waals surface area contributed by atoms with Gasteiger partial charge < -0.3 is 25.5 Å². The number of rotatable bonds is 8. The first-order valence-electron chi connectivity index (χ1n) is 6.37. The molecular formula is C12H27NO7. The molecule has 8 heteroatoms. The Hall–Kier alpha value is -1.22. The van der Waals surface area contributed by atoms with Crippen LogP contribution in [0.3, 0.4) is 0 Å². The van der Waals surface area contributed by atoms with E-state index in [1.165, 1.54) is 0 Å². The Kier molecular flexibility index (Phi) is 24.0. The molecule has 0 saturated heterocycles. The van der Waals surface area contributed by atoms with Crippen LogP contribution in [0.15, 0.2) is 0 Å². The lowest BCUT2D eigenvalue weighted by molar-refractivity contribution is -0.137. The van der Waals surface area contributed by atoms with Gasteiger partial charge in [0.05, 0.1) is 19.8 Å². The zero-order valence-electron chi connectivity index (χ0n) is 12.2. The predicted octanol–water partition coefficient (Wildman–Crippen LogP) is -0.773. The first-order chi connectivity index (χ1) is 9.39. The van der Waals surface area contributed by atoms with E-state index in [9.17, 15) is 9.59 Å². The number of aliphatic carboxylic acids is 2. The van der Waals surface area contributed by atoms with Gasteiger partial charge in [-0.05, 0) is 0 Å². The fraction of sp³-hybridized carbons (Fsp3) is 0.833. The summed E-state index contributed by atoms with van der Waals surface area (Å²) in [6, 6.07) is 0. The molecule has 0 unspecified atom stereocenters. The topological polar surface area (TPSA) is 139 Å². The molecule has 5 N–H and O–H groups in total. The molecule has 0 bridgehead atoms. The molecule has 0 aliphatic rings. The van der Waals surface area contributed by atoms with Crippen molar-refractivity contribution in [2.45, 2.75) is 26.7 Å². The van der Waals surface area contributed by atoms with E-state index >= 15 is 0 Å². The van der Waals surface area contributed by atoms with Crippen molar-refractivity contribution < 1.29 is 35.1 Å². The zero-order valence-corrected chi connectivity index (χ0v) is 12.2. The van der Waals surface area contributed by atoms with Crippen LogP contribution in [0.4, 0.5) is 0 Å². The largest absolute Gasteiger partial charge is 0.481 e. The van der Waals surface area contributed by atoms with Gasteiger partial charge >= 0.3 is 11.9 Å². The lowest BCUT2D eigenvalue weighted by atomic mass is 10.4. The van der Waals surface area contributed by atoms with E-state index in [0.717, 1.165) is 0 Å². The lowest BCUT2D eigenvalue weighted by Crippen LogP contribution is -2.32. The Labute approximate surface area is 119 Å². The summed E-state index contributed by atoms with van der Waals surface area (Å²) in [5.74, 6) is -1.49. The monoisotopic (exact) mass is 297 g/mol. The number of carboxylic acids is 2. The van der Waals surface area contributed by atoms with Crippen molar-refractivity contribution >= 4 is 11.9 Å². The molecule has 0 aliphatic carbocycles. The van der Waals surface area contributed by atoms with Gasteiger partial charge in [-0.3, -0.25) is 14.5 Å². The number of aliphatic hydroxyl groups is 3. The highest BCUT2D eigenvalue weighted by Crippen LogP contribution is 1.84. The van der Waals surface area contributed by atoms with Gasteiger partial charge in [-0.25, -0.2) is 0 Å². The van der Waals surface area contributed by atoms with Crippen LogP contribution >= 0.6 is 0 Å². The van der Waals surface area contributed by atoms with Crippen LogP contribution < -0.4 is 0 Å². The minimum Gasteiger partial charge on any atom is -0.481 e. The lowest BCUT2D eigenvalue weighted by Gasteiger charge is -2.17. The van der Waals surface area contributed by atoms with Crippen molar-refractivity contribution in [3.63, 3.8) is 0 Å². The number of carboxylic acid groups (broad SMARTS) is 2. The van der Waals surface area contributed by atoms with Crippen LogP contribution in [-0.4, -0.2) is 81.8 Å². The van der Waals surface area contributed by atoms with Crippen LogP contribution in [0.2, 0.25) is 0 Å². The van der Waals surface area contributed by atoms with E-state index in [1.54, 1.807) is 18.7 Å². The van der Waals surface area contributed by atoms with Crippen molar-refractivity contribution in [1.29, 1.82) is 0 Å². The van der Waals surface area contributed by atoms with Gasteiger partial charge in [0.2, 0.25) is 0 Å². The molecule has 8 nitrogen and oxygen atoms in total. The van der Waals surface area contributed by atoms with E-state index in [2.05, 4.69) is 0 Å². The summed E-state index contributed by atoms with van der Waals surface area (Å²) < 4.78 is 0. The minimum atomic E-state index is -0.745. The third-order valence-corrected chi connectivity index (χ3v) is 1.85. The Morgan fingerprint density at radius 1 is 0.750 bits per heavy atom. The van der Waals surface area contributed by atoms with Gasteiger partial charge in [0, 0.05) is 32.5 Å². The number of aliphatic hydroxyl groups excluding tert-OH is 3. The van der Waals surface area contributed by atoms with Crippen LogP contribution in [0.5, 0.6) is 0 Å². The molecule has 0 spiro atoms. The summed E-state index contributed by atoms with van der Waals surface area (Å²) in [4.78, 5) is 20.5. The standard InChI is InChI=1S/C6H15NO3.2C3H6O2/c8-4-1-7(2-5-9)3-6-10;2*1-2-3(4)5/h8-10H,1-6H2;2*2H2,1H3,(H,4,5). The van der Waals surface area contributed by atoms with Crippen LogP contribution in [0.25, 0.3) is 0 Å². The van der Waals surface area contributed by atoms with Crippen molar-refractivity contribution in [1.82, 2.24) is 4.90 Å². The van der Waals surface area contributed by atoms with Crippen molar-refractivity contribution in [3.8, 4) is 0 Å². The van der Waals surface area contributed by atoms with Gasteiger partial charge in [0.1, 0.15) is 0 Å². The molecule has 122 valence electrons. The number of carbonyl (C=O) groups is 2. The molecule has 0 radical (unpaired) electrons. The zero-order chi connectivity index (χ0) is 16.4. The predicted molar refractivity (Wildman–Crippen MR) is 73.6 cm³/mol. The second-order valence-corrected chi connectivity index (χ2v) is 3.51. The van der Waals surface area contributed by atoms with E-state index in [-0.39, 0.29) is 32.7 Å². The second kappa shape index (κ2) is 20.1. The summed E-state index contributed by atoms with van der Waals surface area (Å²) in [6.07, 6.45) is 0.444. The summed E-state index contributed by atoms with van der Waals surface area (Å²) >= 11 is 0. The minimum absolute atomic E-state index is 0.0694. The average Bonchev–Trinajstić information content (AvgIpc) is 2.41. The van der Waals surface area contributed by atoms with Gasteiger partial charge in [-0.2, -0.15) is 0 Å². The molecule has 0 aromatic carbocycles. The summed E-state index contributed by atoms with van der Waals surface area (Å²) in [5, 5.41) is 40.9. The molecule has 0 rings (SSSR count). The van der Waals surface area contributed by atoms with Gasteiger partial charge in [0.15, 0.2) is 0 Å². The first kappa shape index (κ1) is 23.8. The van der Waals surface area contributed by atoms with Crippen LogP contribution in [0, 0.1) is 0 Å². The molecule has 0 amide bonds. The fourth-order valence-electron chi connectivity index (χ4n) is 0.760. The highest BCUT2D eigenvalue weighted by atomic mass is 16.4. The highest BCUT2D eigenvalue weighted by molar-refractivity contribution is 5.66. The summed E-state index contributed by atoms with van der Waals surface area (Å²) in [6.45, 7) is 4.95. The molecule has 0 aromatic heterocycles. The molecule has 0 atom stereocenters. The number of hydrogen-bond donors (Lipinski definition) is 5. The Bertz CT molecular complexity index is 196. The number of hydrogen-bond acceptors (Lipinski definition) is 6. The maximum Gasteiger partial charge on any atom is 0.303 e. The van der Waals surface area contributed by atoms with Crippen molar-refractivity contribution in [2.75, 3.05) is 39.5 Å². The SMILES string of the molecule is CCC(=O)O.CCC(=O)O.OCCN(CCO)CCO. The molecule has 20 heavy (non-hydrogen) atoms. The molecule has 0 saturated carbocycles. The normalized spacial score (nSPS) is 9.10. The second-order valence-electron chi connectivity index (χ2n) is 3.51. The summed E-state index contributed by atoms with van der Waals surface area (Å²) in [5.41, 5.74) is 0. The fourth-order valence-corrected chi connectivity index (χ4v) is 0.760. The Balaban J connectivity index is -0.000000244. The van der Waals surface area contributed by atoms with E-state index < -0.39 is 11.9 Å². The summed E-state index contributed by atoms with van der Waals surface area (Å²) in [7, 11) is 0. The quantitative estimate of drug-likeness (QED) is 0.393. The van der Waals surface area contributed by atoms with Crippen LogP contribution in [0.1, 0.15) is 26.7 Å². The van der Waals surface area contributed by atoms with E-state index in [4.69, 9.17) is 25.5 Å². The van der Waals surface area contributed by atoms with Gasteiger partial charge in [-0.15, -0.1) is 0 Å². The van der Waals surface area contributed by atoms with E-state index in [0.29, 0.717) is 19.6 Å². The third-order valence-electron chi connectivity index (χ3n) is 1.85. The van der Waals surface area contributed by atoms with Gasteiger partial charge in [0.25, 0.3) is 0 Å². The average molecular weight is 297 g/mol. The maximum absolute atomic E-state index is 9.37. The highest BCUT2D eigenvalue weighted by Gasteiger charge is 2.00. The molecule has 0 aliphatic heterocycles. The molecule has 0 heterocycles. The van der Waals surface area contributed by atoms with Crippen molar-refractivity contribution in [3.05, 3.63) is 0 Å². The Morgan fingerprint density at radius 3 is 1.05 bits per heavy atom. The molecular weight excluding hydrogens is 270 g/mol. The molecule has 0 fully saturated rings. The third kappa shape index (κ3) is 30.1. The maximum atomic E-state index is 9.37. The Morgan fingerprint density at radius 2 is 0.950 bits per heavy atom. The first-order valence-corrected chi connectivity index (χ1v) is 6.37.